The molecule has 1 aromatic heterocycles. The Morgan fingerprint density at radius 3 is 2.19 bits per heavy atom. The lowest BCUT2D eigenvalue weighted by Gasteiger charge is -2.36. The van der Waals surface area contributed by atoms with Crippen molar-refractivity contribution in [2.45, 2.75) is 18.6 Å². The zero-order chi connectivity index (χ0) is 31.9. The molecule has 9 rings (SSSR count). The van der Waals surface area contributed by atoms with E-state index in [4.69, 9.17) is 0 Å². The summed E-state index contributed by atoms with van der Waals surface area (Å²) in [6.45, 7) is 0. The van der Waals surface area contributed by atoms with Crippen molar-refractivity contribution in [3.05, 3.63) is 193 Å². The van der Waals surface area contributed by atoms with Crippen molar-refractivity contribution >= 4 is 37.9 Å². The van der Waals surface area contributed by atoms with Gasteiger partial charge in [0.2, 0.25) is 0 Å². The standard InChI is InChI=1S/C45H35N3/c1-3-16-37-30(10-1)12-8-20-38(37)31-21-23-32(24-22-31)43-28-44(35-14-7-13-33(26-35)36-15-9-25-46-29-36)48-45(47-43)42-27-34-11-2-4-17-39(34)40-18-5-6-19-41(40)42/h1-13,15-29,35,43,45,47-48H,14H2. The summed E-state index contributed by atoms with van der Waals surface area (Å²) in [5.74, 6) is 0.221. The summed E-state index contributed by atoms with van der Waals surface area (Å²) in [6.07, 6.45) is 14.0. The lowest BCUT2D eigenvalue weighted by Crippen LogP contribution is -2.42. The number of rotatable bonds is 5. The number of pyridine rings is 1. The van der Waals surface area contributed by atoms with Crippen molar-refractivity contribution in [1.29, 1.82) is 0 Å². The van der Waals surface area contributed by atoms with Gasteiger partial charge >= 0.3 is 0 Å². The number of nitrogens with one attached hydrogen (secondary N) is 2. The van der Waals surface area contributed by atoms with E-state index in [1.807, 2.05) is 18.5 Å². The summed E-state index contributed by atoms with van der Waals surface area (Å²) in [5.41, 5.74) is 8.59. The molecule has 0 fully saturated rings. The molecule has 3 heteroatoms. The maximum absolute atomic E-state index is 4.39. The first-order chi connectivity index (χ1) is 23.8. The van der Waals surface area contributed by atoms with Crippen LogP contribution in [0, 0.1) is 5.92 Å². The van der Waals surface area contributed by atoms with Gasteiger partial charge in [-0.25, -0.2) is 0 Å². The molecule has 0 amide bonds. The van der Waals surface area contributed by atoms with Crippen LogP contribution in [0.1, 0.15) is 35.3 Å². The van der Waals surface area contributed by atoms with Gasteiger partial charge in [-0.3, -0.25) is 10.3 Å². The summed E-state index contributed by atoms with van der Waals surface area (Å²) in [5, 5.41) is 15.6. The van der Waals surface area contributed by atoms with Crippen LogP contribution in [-0.4, -0.2) is 4.98 Å². The molecule has 3 nitrogen and oxygen atoms in total. The highest BCUT2D eigenvalue weighted by Gasteiger charge is 2.28. The Hall–Kier alpha value is -5.77. The van der Waals surface area contributed by atoms with E-state index in [2.05, 4.69) is 167 Å². The molecule has 0 saturated heterocycles. The van der Waals surface area contributed by atoms with Gasteiger partial charge in [0.1, 0.15) is 6.17 Å². The Bertz CT molecular complexity index is 2380. The molecule has 1 aliphatic carbocycles. The molecule has 0 saturated carbocycles. The largest absolute Gasteiger partial charge is 0.369 e. The van der Waals surface area contributed by atoms with Crippen LogP contribution < -0.4 is 10.6 Å². The van der Waals surface area contributed by atoms with Crippen LogP contribution in [0.25, 0.3) is 49.0 Å². The monoisotopic (exact) mass is 617 g/mol. The summed E-state index contributed by atoms with van der Waals surface area (Å²) >= 11 is 0. The minimum atomic E-state index is -0.0802. The van der Waals surface area contributed by atoms with Crippen LogP contribution in [0.2, 0.25) is 0 Å². The van der Waals surface area contributed by atoms with Crippen molar-refractivity contribution in [2.24, 2.45) is 5.92 Å². The van der Waals surface area contributed by atoms with E-state index in [9.17, 15) is 0 Å². The molecule has 0 bridgehead atoms. The third-order valence-electron chi connectivity index (χ3n) is 9.95. The Morgan fingerprint density at radius 2 is 1.35 bits per heavy atom. The first kappa shape index (κ1) is 28.5. The van der Waals surface area contributed by atoms with Crippen LogP contribution in [0.15, 0.2) is 176 Å². The molecule has 2 aliphatic rings. The fourth-order valence-corrected chi connectivity index (χ4v) is 7.55. The van der Waals surface area contributed by atoms with E-state index in [-0.39, 0.29) is 18.1 Å². The Balaban J connectivity index is 1.14. The average molecular weight is 618 g/mol. The third kappa shape index (κ3) is 5.19. The van der Waals surface area contributed by atoms with Gasteiger partial charge in [0.15, 0.2) is 0 Å². The smallest absolute Gasteiger partial charge is 0.104 e. The van der Waals surface area contributed by atoms with Gasteiger partial charge < -0.3 is 5.32 Å². The van der Waals surface area contributed by atoms with Gasteiger partial charge in [-0.15, -0.1) is 0 Å². The molecule has 3 atom stereocenters. The lowest BCUT2D eigenvalue weighted by molar-refractivity contribution is 0.398. The second kappa shape index (κ2) is 12.1. The van der Waals surface area contributed by atoms with Crippen molar-refractivity contribution in [1.82, 2.24) is 15.6 Å². The molecule has 230 valence electrons. The molecule has 1 aliphatic heterocycles. The van der Waals surface area contributed by atoms with Gasteiger partial charge in [0, 0.05) is 24.0 Å². The van der Waals surface area contributed by atoms with Gasteiger partial charge in [-0.05, 0) is 90.3 Å². The van der Waals surface area contributed by atoms with Gasteiger partial charge in [0.05, 0.1) is 6.04 Å². The first-order valence-electron chi connectivity index (χ1n) is 16.8. The quantitative estimate of drug-likeness (QED) is 0.189. The van der Waals surface area contributed by atoms with Crippen LogP contribution in [0.5, 0.6) is 0 Å². The van der Waals surface area contributed by atoms with Crippen LogP contribution in [-0.2, 0) is 0 Å². The highest BCUT2D eigenvalue weighted by molar-refractivity contribution is 6.09. The van der Waals surface area contributed by atoms with E-state index in [0.717, 1.165) is 12.0 Å². The molecule has 2 heterocycles. The number of fused-ring (bicyclic) bond motifs is 4. The highest BCUT2D eigenvalue weighted by atomic mass is 15.2. The number of hydrogen-bond donors (Lipinski definition) is 2. The zero-order valence-electron chi connectivity index (χ0n) is 26.6. The fraction of sp³-hybridized carbons (Fsp3) is 0.0889. The highest BCUT2D eigenvalue weighted by Crippen LogP contribution is 2.38. The molecular weight excluding hydrogens is 583 g/mol. The third-order valence-corrected chi connectivity index (χ3v) is 9.95. The molecule has 0 radical (unpaired) electrons. The molecule has 48 heavy (non-hydrogen) atoms. The molecule has 3 unspecified atom stereocenters. The molecule has 7 aromatic rings. The Labute approximate surface area is 281 Å². The predicted molar refractivity (Wildman–Crippen MR) is 200 cm³/mol. The summed E-state index contributed by atoms with van der Waals surface area (Å²) in [6, 6.07) is 48.4. The van der Waals surface area contributed by atoms with Crippen molar-refractivity contribution in [3.63, 3.8) is 0 Å². The maximum Gasteiger partial charge on any atom is 0.104 e. The number of aromatic nitrogens is 1. The number of benzene rings is 6. The average Bonchev–Trinajstić information content (AvgIpc) is 3.17. The normalized spacial score (nSPS) is 19.2. The summed E-state index contributed by atoms with van der Waals surface area (Å²) in [4.78, 5) is 4.39. The molecular formula is C45H35N3. The van der Waals surface area contributed by atoms with E-state index >= 15 is 0 Å². The van der Waals surface area contributed by atoms with Crippen molar-refractivity contribution in [3.8, 4) is 11.1 Å². The maximum atomic E-state index is 4.39. The van der Waals surface area contributed by atoms with Gasteiger partial charge in [-0.1, -0.05) is 140 Å². The summed E-state index contributed by atoms with van der Waals surface area (Å²) in [7, 11) is 0. The lowest BCUT2D eigenvalue weighted by atomic mass is 9.87. The molecule has 6 aromatic carbocycles. The van der Waals surface area contributed by atoms with E-state index in [1.165, 1.54) is 65.8 Å². The van der Waals surface area contributed by atoms with Gasteiger partial charge in [0.25, 0.3) is 0 Å². The second-order valence-electron chi connectivity index (χ2n) is 12.8. The predicted octanol–water partition coefficient (Wildman–Crippen LogP) is 10.7. The van der Waals surface area contributed by atoms with Crippen LogP contribution in [0.3, 0.4) is 0 Å². The number of hydrogen-bond acceptors (Lipinski definition) is 3. The van der Waals surface area contributed by atoms with Crippen molar-refractivity contribution in [2.75, 3.05) is 0 Å². The minimum Gasteiger partial charge on any atom is -0.369 e. The molecule has 0 spiro atoms. The minimum absolute atomic E-state index is 0.0270. The fourth-order valence-electron chi connectivity index (χ4n) is 7.55. The zero-order valence-corrected chi connectivity index (χ0v) is 26.6. The van der Waals surface area contributed by atoms with E-state index in [1.54, 1.807) is 0 Å². The van der Waals surface area contributed by atoms with E-state index < -0.39 is 0 Å². The topological polar surface area (TPSA) is 37.0 Å². The Morgan fingerprint density at radius 1 is 0.604 bits per heavy atom. The van der Waals surface area contributed by atoms with Crippen LogP contribution in [0.4, 0.5) is 0 Å². The first-order valence-corrected chi connectivity index (χ1v) is 16.8. The van der Waals surface area contributed by atoms with E-state index in [0.29, 0.717) is 0 Å². The van der Waals surface area contributed by atoms with Crippen LogP contribution >= 0.6 is 0 Å². The summed E-state index contributed by atoms with van der Waals surface area (Å²) < 4.78 is 0. The number of allylic oxidation sites excluding steroid dienone is 4. The molecule has 2 N–H and O–H groups in total. The second-order valence-corrected chi connectivity index (χ2v) is 12.8. The van der Waals surface area contributed by atoms with Crippen molar-refractivity contribution < 1.29 is 0 Å². The number of nitrogens with zero attached hydrogens (tertiary/aromatic N) is 1. The SMILES string of the molecule is C1=CC(c2cccnc2)=CC(C2=CC(c3ccc(-c4cccc5ccccc45)cc3)NC(c3cc4ccccc4c4ccccc34)N2)C1. The Kier molecular flexibility index (Phi) is 7.18. The van der Waals surface area contributed by atoms with Gasteiger partial charge in [-0.2, -0.15) is 0 Å².